The first-order valence-corrected chi connectivity index (χ1v) is 10.4. The van der Waals surface area contributed by atoms with Gasteiger partial charge in [-0.1, -0.05) is 59.7 Å². The Hall–Kier alpha value is -3.34. The second kappa shape index (κ2) is 7.12. The SMILES string of the molecule is CC(C)(C)c1cc(N=c2cc3oc4ccccc4[nH]c-3cc2=O)c(O)c(C(C)(C)C)c1. The first-order valence-electron chi connectivity index (χ1n) is 10.4. The summed E-state index contributed by atoms with van der Waals surface area (Å²) in [6, 6.07) is 14.6. The van der Waals surface area contributed by atoms with Crippen molar-refractivity contribution in [1.29, 1.82) is 0 Å². The van der Waals surface area contributed by atoms with Gasteiger partial charge < -0.3 is 14.5 Å². The fourth-order valence-electron chi connectivity index (χ4n) is 3.58. The molecule has 160 valence electrons. The molecule has 2 aliphatic rings. The summed E-state index contributed by atoms with van der Waals surface area (Å²) >= 11 is 0. The van der Waals surface area contributed by atoms with Gasteiger partial charge in [0, 0.05) is 17.7 Å². The highest BCUT2D eigenvalue weighted by Crippen LogP contribution is 2.41. The summed E-state index contributed by atoms with van der Waals surface area (Å²) in [5.41, 5.74) is 3.68. The molecule has 5 nitrogen and oxygen atoms in total. The summed E-state index contributed by atoms with van der Waals surface area (Å²) in [5.74, 6) is 0.626. The van der Waals surface area contributed by atoms with Gasteiger partial charge in [0.05, 0.1) is 11.2 Å². The number of benzene rings is 3. The van der Waals surface area contributed by atoms with E-state index in [1.807, 2.05) is 57.2 Å². The van der Waals surface area contributed by atoms with Crippen molar-refractivity contribution in [1.82, 2.24) is 4.98 Å². The fraction of sp³-hybridized carbons (Fsp3) is 0.308. The first kappa shape index (κ1) is 20.9. The Morgan fingerprint density at radius 1 is 0.935 bits per heavy atom. The molecule has 0 bridgehead atoms. The summed E-state index contributed by atoms with van der Waals surface area (Å²) in [6.45, 7) is 12.5. The predicted octanol–water partition coefficient (Wildman–Crippen LogP) is 5.76. The molecule has 0 saturated heterocycles. The van der Waals surface area contributed by atoms with Crippen molar-refractivity contribution < 1.29 is 9.52 Å². The van der Waals surface area contributed by atoms with Gasteiger partial charge in [-0.2, -0.15) is 0 Å². The second-order valence-corrected chi connectivity index (χ2v) is 10.0. The van der Waals surface area contributed by atoms with Crippen LogP contribution in [0.1, 0.15) is 52.7 Å². The summed E-state index contributed by atoms with van der Waals surface area (Å²) in [7, 11) is 0. The molecule has 2 N–H and O–H groups in total. The first-order chi connectivity index (χ1) is 14.4. The van der Waals surface area contributed by atoms with Crippen LogP contribution in [0.5, 0.6) is 5.75 Å². The molecule has 1 heterocycles. The molecule has 0 radical (unpaired) electrons. The summed E-state index contributed by atoms with van der Waals surface area (Å²) < 4.78 is 5.97. The molecule has 0 spiro atoms. The van der Waals surface area contributed by atoms with Crippen molar-refractivity contribution in [2.75, 3.05) is 0 Å². The molecule has 0 aromatic heterocycles. The van der Waals surface area contributed by atoms with Crippen LogP contribution in [0.15, 0.2) is 62.7 Å². The minimum atomic E-state index is -0.275. The van der Waals surface area contributed by atoms with E-state index in [9.17, 15) is 9.90 Å². The number of aromatic nitrogens is 1. The molecular weight excluding hydrogens is 388 g/mol. The Kier molecular flexibility index (Phi) is 4.80. The van der Waals surface area contributed by atoms with E-state index in [4.69, 9.17) is 4.42 Å². The second-order valence-electron chi connectivity index (χ2n) is 10.0. The third kappa shape index (κ3) is 4.00. The summed E-state index contributed by atoms with van der Waals surface area (Å²) in [6.07, 6.45) is 0. The fourth-order valence-corrected chi connectivity index (χ4v) is 3.58. The molecule has 0 fully saturated rings. The van der Waals surface area contributed by atoms with Crippen LogP contribution >= 0.6 is 0 Å². The van der Waals surface area contributed by atoms with Gasteiger partial charge in [-0.15, -0.1) is 0 Å². The maximum atomic E-state index is 12.8. The highest BCUT2D eigenvalue weighted by atomic mass is 16.3. The molecule has 5 heteroatoms. The Labute approximate surface area is 181 Å². The molecule has 31 heavy (non-hydrogen) atoms. The van der Waals surface area contributed by atoms with E-state index in [2.05, 4.69) is 30.7 Å². The van der Waals surface area contributed by atoms with Gasteiger partial charge in [-0.3, -0.25) is 4.79 Å². The normalized spacial score (nSPS) is 13.3. The van der Waals surface area contributed by atoms with Gasteiger partial charge in [0.25, 0.3) is 0 Å². The van der Waals surface area contributed by atoms with Crippen molar-refractivity contribution in [2.45, 2.75) is 52.4 Å². The maximum absolute atomic E-state index is 12.8. The van der Waals surface area contributed by atoms with Crippen LogP contribution < -0.4 is 10.8 Å². The van der Waals surface area contributed by atoms with Crippen molar-refractivity contribution in [3.63, 3.8) is 0 Å². The van der Waals surface area contributed by atoms with Crippen molar-refractivity contribution in [3.05, 3.63) is 75.2 Å². The number of phenols is 1. The standard InChI is InChI=1S/C26H28N2O3/c1-25(2,3)15-11-16(26(4,5)6)24(30)20(12-15)28-18-14-23-19(13-21(18)29)27-17-9-7-8-10-22(17)31-23/h7-14,27,30H,1-6H3. The van der Waals surface area contributed by atoms with Crippen LogP contribution in [0.4, 0.5) is 5.69 Å². The molecule has 2 aromatic rings. The van der Waals surface area contributed by atoms with Gasteiger partial charge in [-0.05, 0) is 34.6 Å². The number of nitrogens with one attached hydrogen (secondary N) is 1. The largest absolute Gasteiger partial charge is 0.505 e. The highest BCUT2D eigenvalue weighted by Gasteiger charge is 2.25. The third-order valence-electron chi connectivity index (χ3n) is 5.44. The number of rotatable bonds is 1. The minimum absolute atomic E-state index is 0.0991. The van der Waals surface area contributed by atoms with Crippen molar-refractivity contribution in [2.24, 2.45) is 4.99 Å². The number of H-pyrrole nitrogens is 1. The van der Waals surface area contributed by atoms with Crippen molar-refractivity contribution >= 4 is 16.8 Å². The number of para-hydroxylation sites is 2. The van der Waals surface area contributed by atoms with Crippen LogP contribution in [-0.4, -0.2) is 10.1 Å². The van der Waals surface area contributed by atoms with E-state index < -0.39 is 0 Å². The molecule has 0 amide bonds. The van der Waals surface area contributed by atoms with Gasteiger partial charge in [0.2, 0.25) is 5.43 Å². The van der Waals surface area contributed by atoms with E-state index in [0.717, 1.165) is 16.6 Å². The van der Waals surface area contributed by atoms with E-state index in [-0.39, 0.29) is 27.4 Å². The Balaban J connectivity index is 2.00. The molecule has 0 saturated carbocycles. The van der Waals surface area contributed by atoms with E-state index in [0.29, 0.717) is 22.7 Å². The van der Waals surface area contributed by atoms with Crippen LogP contribution in [0.25, 0.3) is 22.6 Å². The molecule has 1 aliphatic heterocycles. The van der Waals surface area contributed by atoms with E-state index in [1.165, 1.54) is 6.07 Å². The lowest BCUT2D eigenvalue weighted by Crippen LogP contribution is -2.24. The topological polar surface area (TPSA) is 78.6 Å². The number of aromatic hydroxyl groups is 1. The molecule has 0 atom stereocenters. The molecule has 0 unspecified atom stereocenters. The lowest BCUT2D eigenvalue weighted by atomic mass is 9.80. The predicted molar refractivity (Wildman–Crippen MR) is 124 cm³/mol. The van der Waals surface area contributed by atoms with Crippen LogP contribution in [0.2, 0.25) is 0 Å². The quantitative estimate of drug-likeness (QED) is 0.387. The van der Waals surface area contributed by atoms with E-state index in [1.54, 1.807) is 6.07 Å². The number of aromatic amines is 1. The third-order valence-corrected chi connectivity index (χ3v) is 5.44. The van der Waals surface area contributed by atoms with Gasteiger partial charge in [0.15, 0.2) is 11.3 Å². The molecule has 1 aliphatic carbocycles. The number of phenolic OH excluding ortho intramolecular Hbond substituents is 1. The number of hydrogen-bond acceptors (Lipinski definition) is 4. The lowest BCUT2D eigenvalue weighted by Gasteiger charge is -2.26. The average molecular weight is 417 g/mol. The van der Waals surface area contributed by atoms with Crippen molar-refractivity contribution in [3.8, 4) is 17.2 Å². The lowest BCUT2D eigenvalue weighted by molar-refractivity contribution is 0.446. The molecular formula is C26H28N2O3. The highest BCUT2D eigenvalue weighted by molar-refractivity contribution is 5.75. The smallest absolute Gasteiger partial charge is 0.206 e. The Morgan fingerprint density at radius 2 is 1.65 bits per heavy atom. The van der Waals surface area contributed by atoms with Crippen LogP contribution in [-0.2, 0) is 10.8 Å². The van der Waals surface area contributed by atoms with Gasteiger partial charge in [0.1, 0.15) is 16.8 Å². The van der Waals surface area contributed by atoms with Gasteiger partial charge in [-0.25, -0.2) is 4.99 Å². The zero-order valence-corrected chi connectivity index (χ0v) is 18.8. The average Bonchev–Trinajstić information content (AvgIpc) is 2.66. The monoisotopic (exact) mass is 416 g/mol. The van der Waals surface area contributed by atoms with Crippen LogP contribution in [0, 0.1) is 0 Å². The molecule has 2 aromatic carbocycles. The number of fused-ring (bicyclic) bond motifs is 2. The zero-order chi connectivity index (χ0) is 22.6. The Morgan fingerprint density at radius 3 is 2.32 bits per heavy atom. The summed E-state index contributed by atoms with van der Waals surface area (Å²) in [5, 5.41) is 11.2. The van der Waals surface area contributed by atoms with Gasteiger partial charge >= 0.3 is 0 Å². The minimum Gasteiger partial charge on any atom is -0.505 e. The number of hydrogen-bond donors (Lipinski definition) is 2. The maximum Gasteiger partial charge on any atom is 0.206 e. The van der Waals surface area contributed by atoms with Crippen LogP contribution in [0.3, 0.4) is 0 Å². The van der Waals surface area contributed by atoms with E-state index >= 15 is 0 Å². The Bertz CT molecular complexity index is 1380. The number of nitrogens with zero attached hydrogens (tertiary/aromatic N) is 1. The molecule has 4 rings (SSSR count). The zero-order valence-electron chi connectivity index (χ0n) is 18.8. The summed E-state index contributed by atoms with van der Waals surface area (Å²) in [4.78, 5) is 20.6.